The largest absolute Gasteiger partial charge is 0.338 e. The van der Waals surface area contributed by atoms with Crippen LogP contribution in [0, 0.1) is 0 Å². The van der Waals surface area contributed by atoms with Crippen molar-refractivity contribution in [3.8, 4) is 5.69 Å². The van der Waals surface area contributed by atoms with Crippen molar-refractivity contribution in [3.05, 3.63) is 64.6 Å². The van der Waals surface area contributed by atoms with E-state index in [2.05, 4.69) is 37.5 Å². The molecule has 3 aromatic rings. The second kappa shape index (κ2) is 6.05. The molecule has 0 aliphatic heterocycles. The van der Waals surface area contributed by atoms with Crippen LogP contribution in [-0.4, -0.2) is 27.3 Å². The highest BCUT2D eigenvalue weighted by atomic mass is 79.9. The zero-order valence-electron chi connectivity index (χ0n) is 11.5. The number of anilines is 1. The van der Waals surface area contributed by atoms with Crippen LogP contribution in [-0.2, 0) is 6.54 Å². The van der Waals surface area contributed by atoms with Gasteiger partial charge in [0.05, 0.1) is 5.69 Å². The van der Waals surface area contributed by atoms with Gasteiger partial charge in [-0.1, -0.05) is 57.4 Å². The third-order valence-electron chi connectivity index (χ3n) is 3.16. The molecule has 0 saturated carbocycles. The first-order chi connectivity index (χ1) is 10.3. The number of halogens is 1. The Labute approximate surface area is 131 Å². The van der Waals surface area contributed by atoms with Crippen LogP contribution in [0.4, 0.5) is 5.95 Å². The van der Waals surface area contributed by atoms with Gasteiger partial charge in [0, 0.05) is 18.1 Å². The molecule has 0 aliphatic carbocycles. The van der Waals surface area contributed by atoms with Crippen LogP contribution in [0.25, 0.3) is 5.69 Å². The zero-order chi connectivity index (χ0) is 14.7. The number of aromatic nitrogens is 4. The lowest BCUT2D eigenvalue weighted by atomic mass is 10.2. The van der Waals surface area contributed by atoms with Gasteiger partial charge in [-0.05, 0) is 34.2 Å². The van der Waals surface area contributed by atoms with Crippen LogP contribution in [0.3, 0.4) is 0 Å². The number of benzene rings is 2. The normalized spacial score (nSPS) is 10.6. The van der Waals surface area contributed by atoms with E-state index in [1.54, 1.807) is 4.68 Å². The van der Waals surface area contributed by atoms with Gasteiger partial charge in [0.2, 0.25) is 5.95 Å². The second-order valence-electron chi connectivity index (χ2n) is 4.67. The minimum atomic E-state index is 0.706. The first-order valence-corrected chi connectivity index (χ1v) is 7.33. The van der Waals surface area contributed by atoms with Crippen LogP contribution >= 0.6 is 15.9 Å². The van der Waals surface area contributed by atoms with E-state index in [9.17, 15) is 0 Å². The Morgan fingerprint density at radius 1 is 1.05 bits per heavy atom. The maximum Gasteiger partial charge on any atom is 0.250 e. The summed E-state index contributed by atoms with van der Waals surface area (Å²) in [6.45, 7) is 0.717. The van der Waals surface area contributed by atoms with Crippen LogP contribution in [0.5, 0.6) is 0 Å². The molecule has 3 rings (SSSR count). The van der Waals surface area contributed by atoms with E-state index in [1.807, 2.05) is 60.5 Å². The molecule has 0 spiro atoms. The lowest BCUT2D eigenvalue weighted by molar-refractivity contribution is 0.771. The van der Waals surface area contributed by atoms with Gasteiger partial charge in [-0.15, -0.1) is 0 Å². The smallest absolute Gasteiger partial charge is 0.250 e. The predicted molar refractivity (Wildman–Crippen MR) is 85.4 cm³/mol. The molecule has 0 saturated heterocycles. The third-order valence-corrected chi connectivity index (χ3v) is 3.93. The van der Waals surface area contributed by atoms with E-state index in [1.165, 1.54) is 5.56 Å². The molecule has 0 fully saturated rings. The van der Waals surface area contributed by atoms with Gasteiger partial charge in [-0.2, -0.15) is 4.68 Å². The number of para-hydroxylation sites is 1. The Bertz CT molecular complexity index is 726. The molecular formula is C15H14BrN5. The Morgan fingerprint density at radius 3 is 2.52 bits per heavy atom. The van der Waals surface area contributed by atoms with E-state index in [0.717, 1.165) is 10.2 Å². The van der Waals surface area contributed by atoms with Crippen molar-refractivity contribution >= 4 is 21.9 Å². The summed E-state index contributed by atoms with van der Waals surface area (Å²) in [4.78, 5) is 2.02. The molecule has 21 heavy (non-hydrogen) atoms. The van der Waals surface area contributed by atoms with Crippen molar-refractivity contribution in [2.75, 3.05) is 11.9 Å². The lowest BCUT2D eigenvalue weighted by Crippen LogP contribution is -2.21. The molecule has 5 nitrogen and oxygen atoms in total. The summed E-state index contributed by atoms with van der Waals surface area (Å²) in [6, 6.07) is 18.0. The van der Waals surface area contributed by atoms with E-state index >= 15 is 0 Å². The summed E-state index contributed by atoms with van der Waals surface area (Å²) < 4.78 is 2.81. The zero-order valence-corrected chi connectivity index (χ0v) is 13.1. The van der Waals surface area contributed by atoms with Crippen molar-refractivity contribution in [3.63, 3.8) is 0 Å². The molecule has 0 aliphatic rings. The van der Waals surface area contributed by atoms with Crippen LogP contribution in [0.15, 0.2) is 59.1 Å². The molecule has 2 aromatic carbocycles. The van der Waals surface area contributed by atoms with Gasteiger partial charge >= 0.3 is 0 Å². The summed E-state index contributed by atoms with van der Waals surface area (Å²) in [5, 5.41) is 12.0. The Hall–Kier alpha value is -2.21. The van der Waals surface area contributed by atoms with Crippen molar-refractivity contribution < 1.29 is 0 Å². The fourth-order valence-electron chi connectivity index (χ4n) is 2.11. The van der Waals surface area contributed by atoms with Crippen LogP contribution in [0.2, 0.25) is 0 Å². The lowest BCUT2D eigenvalue weighted by Gasteiger charge is -2.18. The molecule has 0 amide bonds. The van der Waals surface area contributed by atoms with Gasteiger partial charge in [0.25, 0.3) is 0 Å². The number of nitrogens with zero attached hydrogens (tertiary/aromatic N) is 5. The molecule has 0 unspecified atom stereocenters. The van der Waals surface area contributed by atoms with Crippen LogP contribution in [0.1, 0.15) is 5.56 Å². The van der Waals surface area contributed by atoms with Crippen LogP contribution < -0.4 is 4.90 Å². The Balaban J connectivity index is 1.88. The van der Waals surface area contributed by atoms with Gasteiger partial charge in [-0.25, -0.2) is 0 Å². The molecule has 1 aromatic heterocycles. The quantitative estimate of drug-likeness (QED) is 0.730. The van der Waals surface area contributed by atoms with Gasteiger partial charge in [0.1, 0.15) is 0 Å². The fourth-order valence-corrected chi connectivity index (χ4v) is 2.52. The third kappa shape index (κ3) is 2.95. The molecule has 6 heteroatoms. The van der Waals surface area contributed by atoms with E-state index in [0.29, 0.717) is 12.5 Å². The first kappa shape index (κ1) is 13.8. The van der Waals surface area contributed by atoms with Crippen molar-refractivity contribution in [1.29, 1.82) is 0 Å². The number of rotatable bonds is 4. The molecular weight excluding hydrogens is 330 g/mol. The highest BCUT2D eigenvalue weighted by Gasteiger charge is 2.13. The number of tetrazole rings is 1. The summed E-state index contributed by atoms with van der Waals surface area (Å²) in [7, 11) is 1.98. The summed E-state index contributed by atoms with van der Waals surface area (Å²) in [5.41, 5.74) is 2.12. The standard InChI is InChI=1S/C15H14BrN5/c1-20(11-12-7-5-6-10-14(12)16)15-17-18-19-21(15)13-8-3-2-4-9-13/h2-10H,11H2,1H3. The Morgan fingerprint density at radius 2 is 1.76 bits per heavy atom. The molecule has 0 N–H and O–H groups in total. The first-order valence-electron chi connectivity index (χ1n) is 6.54. The molecule has 0 bridgehead atoms. The van der Waals surface area contributed by atoms with Crippen molar-refractivity contribution in [2.45, 2.75) is 6.54 Å². The minimum absolute atomic E-state index is 0.706. The highest BCUT2D eigenvalue weighted by Crippen LogP contribution is 2.20. The maximum absolute atomic E-state index is 4.13. The van der Waals surface area contributed by atoms with E-state index in [4.69, 9.17) is 0 Å². The van der Waals surface area contributed by atoms with Gasteiger partial charge in [-0.3, -0.25) is 0 Å². The molecule has 106 valence electrons. The van der Waals surface area contributed by atoms with Crippen molar-refractivity contribution in [2.24, 2.45) is 0 Å². The van der Waals surface area contributed by atoms with E-state index < -0.39 is 0 Å². The average Bonchev–Trinajstić information content (AvgIpc) is 3.00. The predicted octanol–water partition coefficient (Wildman–Crippen LogP) is 3.06. The highest BCUT2D eigenvalue weighted by molar-refractivity contribution is 9.10. The van der Waals surface area contributed by atoms with Gasteiger partial charge in [0.15, 0.2) is 0 Å². The monoisotopic (exact) mass is 343 g/mol. The summed E-state index contributed by atoms with van der Waals surface area (Å²) >= 11 is 3.57. The molecule has 0 atom stereocenters. The fraction of sp³-hybridized carbons (Fsp3) is 0.133. The Kier molecular flexibility index (Phi) is 3.96. The minimum Gasteiger partial charge on any atom is -0.338 e. The summed E-state index contributed by atoms with van der Waals surface area (Å²) in [6.07, 6.45) is 0. The van der Waals surface area contributed by atoms with E-state index in [-0.39, 0.29) is 0 Å². The SMILES string of the molecule is CN(Cc1ccccc1Br)c1nnnn1-c1ccccc1. The molecule has 0 radical (unpaired) electrons. The second-order valence-corrected chi connectivity index (χ2v) is 5.53. The van der Waals surface area contributed by atoms with Crippen molar-refractivity contribution in [1.82, 2.24) is 20.2 Å². The topological polar surface area (TPSA) is 46.8 Å². The molecule has 1 heterocycles. The number of hydrogen-bond donors (Lipinski definition) is 0. The average molecular weight is 344 g/mol. The summed E-state index contributed by atoms with van der Waals surface area (Å²) in [5.74, 6) is 0.706. The number of hydrogen-bond acceptors (Lipinski definition) is 4. The maximum atomic E-state index is 4.13. The van der Waals surface area contributed by atoms with Gasteiger partial charge < -0.3 is 4.90 Å².